The average molecular weight is 211 g/mol. The van der Waals surface area contributed by atoms with Gasteiger partial charge in [-0.3, -0.25) is 0 Å². The molecule has 5 heteroatoms. The van der Waals surface area contributed by atoms with Gasteiger partial charge in [-0.2, -0.15) is 9.64 Å². The van der Waals surface area contributed by atoms with Gasteiger partial charge in [0.25, 0.3) is 0 Å². The molecule has 1 aromatic heterocycles. The van der Waals surface area contributed by atoms with Gasteiger partial charge >= 0.3 is 0 Å². The van der Waals surface area contributed by atoms with Crippen LogP contribution in [0.5, 0.6) is 0 Å². The van der Waals surface area contributed by atoms with Crippen LogP contribution in [0.4, 0.5) is 0 Å². The lowest BCUT2D eigenvalue weighted by atomic mass is 10.1. The van der Waals surface area contributed by atoms with Gasteiger partial charge in [0.05, 0.1) is 6.07 Å². The third kappa shape index (κ3) is 2.20. The van der Waals surface area contributed by atoms with E-state index in [1.807, 2.05) is 0 Å². The molecule has 0 N–H and O–H groups in total. The van der Waals surface area contributed by atoms with Crippen molar-refractivity contribution in [1.29, 1.82) is 5.26 Å². The lowest BCUT2D eigenvalue weighted by Crippen LogP contribution is -2.01. The van der Waals surface area contributed by atoms with Crippen molar-refractivity contribution in [3.8, 4) is 6.07 Å². The Kier molecular flexibility index (Phi) is 2.51. The molecule has 68 valence electrons. The number of nitriles is 1. The van der Waals surface area contributed by atoms with Crippen molar-refractivity contribution < 1.29 is 0 Å². The van der Waals surface area contributed by atoms with Gasteiger partial charge < -0.3 is 0 Å². The van der Waals surface area contributed by atoms with E-state index in [4.69, 9.17) is 5.26 Å². The predicted octanol–water partition coefficient (Wildman–Crippen LogP) is 2.32. The molecule has 1 aliphatic carbocycles. The van der Waals surface area contributed by atoms with E-state index in [0.29, 0.717) is 11.8 Å². The van der Waals surface area contributed by atoms with Crippen molar-refractivity contribution in [2.75, 3.05) is 5.75 Å². The molecule has 0 saturated heterocycles. The maximum absolute atomic E-state index is 8.61. The smallest absolute Gasteiger partial charge is 0.169 e. The Morgan fingerprint density at radius 1 is 1.69 bits per heavy atom. The Bertz CT molecular complexity index is 311. The zero-order valence-electron chi connectivity index (χ0n) is 7.06. The monoisotopic (exact) mass is 211 g/mol. The summed E-state index contributed by atoms with van der Waals surface area (Å²) in [7, 11) is 0. The minimum atomic E-state index is 0.311. The van der Waals surface area contributed by atoms with Crippen LogP contribution in [0, 0.1) is 16.7 Å². The highest BCUT2D eigenvalue weighted by atomic mass is 32.2. The van der Waals surface area contributed by atoms with Gasteiger partial charge in [0, 0.05) is 12.2 Å². The highest BCUT2D eigenvalue weighted by molar-refractivity contribution is 8.00. The molecule has 0 unspecified atom stereocenters. The van der Waals surface area contributed by atoms with Crippen LogP contribution >= 0.6 is 23.3 Å². The van der Waals surface area contributed by atoms with Crippen molar-refractivity contribution >= 4 is 23.3 Å². The number of aromatic nitrogens is 2. The van der Waals surface area contributed by atoms with Gasteiger partial charge in [-0.25, -0.2) is 4.98 Å². The second-order valence-corrected chi connectivity index (χ2v) is 5.33. The van der Waals surface area contributed by atoms with E-state index in [0.717, 1.165) is 10.1 Å². The molecule has 0 bridgehead atoms. The van der Waals surface area contributed by atoms with Gasteiger partial charge in [0.2, 0.25) is 0 Å². The fourth-order valence-corrected chi connectivity index (χ4v) is 2.90. The van der Waals surface area contributed by atoms with Crippen LogP contribution in [0.3, 0.4) is 0 Å². The second kappa shape index (κ2) is 3.64. The fourth-order valence-electron chi connectivity index (χ4n) is 1.16. The first-order valence-electron chi connectivity index (χ1n) is 4.11. The molecule has 0 atom stereocenters. The van der Waals surface area contributed by atoms with Crippen LogP contribution in [-0.2, 0) is 0 Å². The first-order valence-corrected chi connectivity index (χ1v) is 5.87. The third-order valence-electron chi connectivity index (χ3n) is 2.25. The fraction of sp³-hybridized carbons (Fsp3) is 0.625. The Morgan fingerprint density at radius 3 is 3.08 bits per heavy atom. The quantitative estimate of drug-likeness (QED) is 0.717. The zero-order valence-corrected chi connectivity index (χ0v) is 8.70. The lowest BCUT2D eigenvalue weighted by molar-refractivity contribution is 0.604. The van der Waals surface area contributed by atoms with Crippen LogP contribution in [0.2, 0.25) is 0 Å². The summed E-state index contributed by atoms with van der Waals surface area (Å²) in [5, 5.41) is 8.61. The van der Waals surface area contributed by atoms with Crippen molar-refractivity contribution in [2.24, 2.45) is 5.41 Å². The first-order chi connectivity index (χ1) is 6.35. The summed E-state index contributed by atoms with van der Waals surface area (Å²) in [4.78, 5) is 4.09. The van der Waals surface area contributed by atoms with Gasteiger partial charge in [0.15, 0.2) is 4.34 Å². The van der Waals surface area contributed by atoms with E-state index in [9.17, 15) is 0 Å². The normalized spacial score (nSPS) is 18.1. The Labute approximate surface area is 85.4 Å². The van der Waals surface area contributed by atoms with E-state index >= 15 is 0 Å². The maximum Gasteiger partial charge on any atom is 0.169 e. The number of hydrogen-bond donors (Lipinski definition) is 0. The van der Waals surface area contributed by atoms with E-state index < -0.39 is 0 Å². The highest BCUT2D eigenvalue weighted by Crippen LogP contribution is 2.51. The predicted molar refractivity (Wildman–Crippen MR) is 52.5 cm³/mol. The second-order valence-electron chi connectivity index (χ2n) is 3.33. The molecule has 0 spiro atoms. The summed E-state index contributed by atoms with van der Waals surface area (Å²) in [5.41, 5.74) is 0.311. The molecule has 1 fully saturated rings. The number of thioether (sulfide) groups is 1. The summed E-state index contributed by atoms with van der Waals surface area (Å²) < 4.78 is 4.95. The molecule has 1 saturated carbocycles. The minimum absolute atomic E-state index is 0.311. The molecule has 0 amide bonds. The number of rotatable bonds is 4. The zero-order chi connectivity index (χ0) is 9.15. The molecule has 1 heterocycles. The van der Waals surface area contributed by atoms with Crippen molar-refractivity contribution in [3.63, 3.8) is 0 Å². The van der Waals surface area contributed by atoms with Gasteiger partial charge in [0.1, 0.15) is 6.33 Å². The van der Waals surface area contributed by atoms with E-state index in [-0.39, 0.29) is 0 Å². The van der Waals surface area contributed by atoms with Gasteiger partial charge in [-0.1, -0.05) is 11.8 Å². The van der Waals surface area contributed by atoms with Crippen LogP contribution in [0.15, 0.2) is 10.7 Å². The molecule has 2 rings (SSSR count). The lowest BCUT2D eigenvalue weighted by Gasteiger charge is -2.07. The Hall–Kier alpha value is -0.600. The summed E-state index contributed by atoms with van der Waals surface area (Å²) in [6, 6.07) is 2.25. The molecule has 1 aromatic rings. The number of hydrogen-bond acceptors (Lipinski definition) is 5. The SMILES string of the molecule is N#CCC1(CSc2ncns2)CC1. The highest BCUT2D eigenvalue weighted by Gasteiger charge is 2.42. The first kappa shape index (κ1) is 8.97. The van der Waals surface area contributed by atoms with Crippen molar-refractivity contribution in [1.82, 2.24) is 9.36 Å². The van der Waals surface area contributed by atoms with Gasteiger partial charge in [-0.05, 0) is 29.8 Å². The van der Waals surface area contributed by atoms with Crippen molar-refractivity contribution in [2.45, 2.75) is 23.6 Å². The maximum atomic E-state index is 8.61. The summed E-state index contributed by atoms with van der Waals surface area (Å²) in [5.74, 6) is 1.02. The largest absolute Gasteiger partial charge is 0.216 e. The molecule has 1 aliphatic rings. The molecule has 3 nitrogen and oxygen atoms in total. The molecular weight excluding hydrogens is 202 g/mol. The van der Waals surface area contributed by atoms with Crippen LogP contribution in [0.1, 0.15) is 19.3 Å². The topological polar surface area (TPSA) is 49.6 Å². The Morgan fingerprint density at radius 2 is 2.54 bits per heavy atom. The van der Waals surface area contributed by atoms with Crippen LogP contribution in [-0.4, -0.2) is 15.1 Å². The van der Waals surface area contributed by atoms with E-state index in [1.165, 1.54) is 24.4 Å². The minimum Gasteiger partial charge on any atom is -0.216 e. The van der Waals surface area contributed by atoms with E-state index in [2.05, 4.69) is 15.4 Å². The summed E-state index contributed by atoms with van der Waals surface area (Å²) >= 11 is 3.16. The molecular formula is C8H9N3S2. The molecule has 0 aliphatic heterocycles. The Balaban J connectivity index is 1.83. The third-order valence-corrected chi connectivity index (χ3v) is 4.40. The average Bonchev–Trinajstić information content (AvgIpc) is 2.71. The standard InChI is InChI=1S/C8H9N3S2/c9-4-3-8(1-2-8)5-12-7-10-6-11-13-7/h6H,1-3,5H2. The molecule has 0 radical (unpaired) electrons. The number of nitrogens with zero attached hydrogens (tertiary/aromatic N) is 3. The van der Waals surface area contributed by atoms with Crippen molar-refractivity contribution in [3.05, 3.63) is 6.33 Å². The molecule has 13 heavy (non-hydrogen) atoms. The summed E-state index contributed by atoms with van der Waals surface area (Å²) in [6.45, 7) is 0. The van der Waals surface area contributed by atoms with E-state index in [1.54, 1.807) is 18.1 Å². The van der Waals surface area contributed by atoms with Crippen LogP contribution < -0.4 is 0 Å². The molecule has 0 aromatic carbocycles. The van der Waals surface area contributed by atoms with Crippen LogP contribution in [0.25, 0.3) is 0 Å². The summed E-state index contributed by atoms with van der Waals surface area (Å²) in [6.07, 6.45) is 4.67. The van der Waals surface area contributed by atoms with Gasteiger partial charge in [-0.15, -0.1) is 0 Å².